The lowest BCUT2D eigenvalue weighted by atomic mass is 9.90. The summed E-state index contributed by atoms with van der Waals surface area (Å²) in [4.78, 5) is 0. The Morgan fingerprint density at radius 2 is 1.68 bits per heavy atom. The zero-order valence-corrected chi connectivity index (χ0v) is 11.3. The highest BCUT2D eigenvalue weighted by Crippen LogP contribution is 2.41. The largest absolute Gasteiger partial charge is 0.508 e. The number of phenolic OH excluding ortho intramolecular Hbond substituents is 2. The summed E-state index contributed by atoms with van der Waals surface area (Å²) in [7, 11) is 0. The predicted octanol–water partition coefficient (Wildman–Crippen LogP) is 3.79. The molecule has 1 aliphatic carbocycles. The standard InChI is InChI=1S/C17H18O2/c1-10-7-13(8-11(2)17(10)19)15-6-4-12-3-5-14(18)9-16(12)15/h3,5,7-9,15,18-19H,4,6H2,1-2H3. The molecule has 1 unspecified atom stereocenters. The smallest absolute Gasteiger partial charge is 0.121 e. The van der Waals surface area contributed by atoms with Crippen LogP contribution in [0.25, 0.3) is 0 Å². The van der Waals surface area contributed by atoms with E-state index in [0.29, 0.717) is 17.4 Å². The van der Waals surface area contributed by atoms with Crippen molar-refractivity contribution >= 4 is 0 Å². The maximum atomic E-state index is 9.87. The Labute approximate surface area is 113 Å². The summed E-state index contributed by atoms with van der Waals surface area (Å²) in [5.41, 5.74) is 5.63. The highest BCUT2D eigenvalue weighted by molar-refractivity contribution is 5.50. The summed E-state index contributed by atoms with van der Waals surface area (Å²) in [5, 5.41) is 19.5. The molecule has 0 aromatic heterocycles. The van der Waals surface area contributed by atoms with Crippen molar-refractivity contribution in [1.29, 1.82) is 0 Å². The molecule has 2 aromatic carbocycles. The lowest BCUT2D eigenvalue weighted by Gasteiger charge is -2.15. The number of phenols is 2. The van der Waals surface area contributed by atoms with Gasteiger partial charge in [-0.1, -0.05) is 18.2 Å². The maximum Gasteiger partial charge on any atom is 0.121 e. The van der Waals surface area contributed by atoms with Crippen molar-refractivity contribution in [3.63, 3.8) is 0 Å². The zero-order chi connectivity index (χ0) is 13.6. The normalized spacial score (nSPS) is 17.5. The molecule has 0 saturated carbocycles. The van der Waals surface area contributed by atoms with Gasteiger partial charge in [0.25, 0.3) is 0 Å². The topological polar surface area (TPSA) is 40.5 Å². The Morgan fingerprint density at radius 1 is 1.00 bits per heavy atom. The van der Waals surface area contributed by atoms with E-state index in [9.17, 15) is 10.2 Å². The highest BCUT2D eigenvalue weighted by atomic mass is 16.3. The number of hydrogen-bond donors (Lipinski definition) is 2. The van der Waals surface area contributed by atoms with Gasteiger partial charge in [-0.25, -0.2) is 0 Å². The third-order valence-electron chi connectivity index (χ3n) is 4.12. The molecule has 19 heavy (non-hydrogen) atoms. The Hall–Kier alpha value is -1.96. The van der Waals surface area contributed by atoms with Crippen molar-refractivity contribution in [2.24, 2.45) is 0 Å². The van der Waals surface area contributed by atoms with Crippen LogP contribution in [0.3, 0.4) is 0 Å². The first-order valence-corrected chi connectivity index (χ1v) is 6.68. The van der Waals surface area contributed by atoms with Crippen LogP contribution in [0.4, 0.5) is 0 Å². The lowest BCUT2D eigenvalue weighted by molar-refractivity contribution is 0.466. The molecule has 2 aromatic rings. The second-order valence-electron chi connectivity index (χ2n) is 5.48. The van der Waals surface area contributed by atoms with Crippen molar-refractivity contribution in [1.82, 2.24) is 0 Å². The minimum absolute atomic E-state index is 0.331. The monoisotopic (exact) mass is 254 g/mol. The first-order chi connectivity index (χ1) is 9.06. The van der Waals surface area contributed by atoms with Gasteiger partial charge in [0.15, 0.2) is 0 Å². The van der Waals surface area contributed by atoms with Gasteiger partial charge in [0.2, 0.25) is 0 Å². The Bertz CT molecular complexity index is 621. The van der Waals surface area contributed by atoms with Crippen molar-refractivity contribution < 1.29 is 10.2 Å². The average molecular weight is 254 g/mol. The molecule has 0 radical (unpaired) electrons. The summed E-state index contributed by atoms with van der Waals surface area (Å²) in [5.74, 6) is 1.05. The summed E-state index contributed by atoms with van der Waals surface area (Å²) < 4.78 is 0. The lowest BCUT2D eigenvalue weighted by Crippen LogP contribution is -1.98. The van der Waals surface area contributed by atoms with Gasteiger partial charge in [0.1, 0.15) is 11.5 Å². The van der Waals surface area contributed by atoms with E-state index in [-0.39, 0.29) is 0 Å². The molecule has 1 aliphatic rings. The van der Waals surface area contributed by atoms with E-state index >= 15 is 0 Å². The SMILES string of the molecule is Cc1cc(C2CCc3ccc(O)cc32)cc(C)c1O. The van der Waals surface area contributed by atoms with Crippen molar-refractivity contribution in [2.75, 3.05) is 0 Å². The molecule has 0 bridgehead atoms. The van der Waals surface area contributed by atoms with Gasteiger partial charge in [-0.2, -0.15) is 0 Å². The molecule has 98 valence electrons. The summed E-state index contributed by atoms with van der Waals surface area (Å²) in [6.45, 7) is 3.87. The van der Waals surface area contributed by atoms with Crippen LogP contribution in [-0.4, -0.2) is 10.2 Å². The zero-order valence-electron chi connectivity index (χ0n) is 11.3. The van der Waals surface area contributed by atoms with Crippen molar-refractivity contribution in [3.05, 3.63) is 58.1 Å². The molecule has 0 saturated heterocycles. The maximum absolute atomic E-state index is 9.87. The second-order valence-corrected chi connectivity index (χ2v) is 5.48. The van der Waals surface area contributed by atoms with Crippen LogP contribution in [0, 0.1) is 13.8 Å². The number of hydrogen-bond acceptors (Lipinski definition) is 2. The molecular formula is C17H18O2. The Balaban J connectivity index is 2.09. The Kier molecular flexibility index (Phi) is 2.74. The van der Waals surface area contributed by atoms with Crippen LogP contribution in [0.2, 0.25) is 0 Å². The van der Waals surface area contributed by atoms with Crippen LogP contribution in [0.15, 0.2) is 30.3 Å². The van der Waals surface area contributed by atoms with Crippen LogP contribution in [-0.2, 0) is 6.42 Å². The van der Waals surface area contributed by atoms with Crippen LogP contribution >= 0.6 is 0 Å². The highest BCUT2D eigenvalue weighted by Gasteiger charge is 2.25. The number of fused-ring (bicyclic) bond motifs is 1. The van der Waals surface area contributed by atoms with E-state index in [4.69, 9.17) is 0 Å². The third-order valence-corrected chi connectivity index (χ3v) is 4.12. The third kappa shape index (κ3) is 1.97. The van der Waals surface area contributed by atoms with Crippen molar-refractivity contribution in [3.8, 4) is 11.5 Å². The minimum atomic E-state index is 0.331. The van der Waals surface area contributed by atoms with E-state index in [1.165, 1.54) is 16.7 Å². The molecule has 0 heterocycles. The quantitative estimate of drug-likeness (QED) is 0.812. The average Bonchev–Trinajstić information content (AvgIpc) is 2.78. The predicted molar refractivity (Wildman–Crippen MR) is 75.9 cm³/mol. The molecule has 2 nitrogen and oxygen atoms in total. The number of benzene rings is 2. The molecule has 2 heteroatoms. The Morgan fingerprint density at radius 3 is 2.37 bits per heavy atom. The van der Waals surface area contributed by atoms with Gasteiger partial charge in [0, 0.05) is 5.92 Å². The molecule has 2 N–H and O–H groups in total. The number of rotatable bonds is 1. The van der Waals surface area contributed by atoms with Crippen LogP contribution < -0.4 is 0 Å². The summed E-state index contributed by atoms with van der Waals surface area (Å²) in [6, 6.07) is 9.78. The molecule has 0 amide bonds. The molecular weight excluding hydrogens is 236 g/mol. The fourth-order valence-electron chi connectivity index (χ4n) is 3.13. The number of aromatic hydroxyl groups is 2. The second kappa shape index (κ2) is 4.30. The van der Waals surface area contributed by atoms with Gasteiger partial charge >= 0.3 is 0 Å². The van der Waals surface area contributed by atoms with E-state index in [2.05, 4.69) is 12.1 Å². The van der Waals surface area contributed by atoms with Crippen molar-refractivity contribution in [2.45, 2.75) is 32.6 Å². The van der Waals surface area contributed by atoms with E-state index < -0.39 is 0 Å². The first-order valence-electron chi connectivity index (χ1n) is 6.68. The molecule has 0 spiro atoms. The van der Waals surface area contributed by atoms with Gasteiger partial charge < -0.3 is 10.2 Å². The van der Waals surface area contributed by atoms with Crippen LogP contribution in [0.5, 0.6) is 11.5 Å². The van der Waals surface area contributed by atoms with E-state index in [1.807, 2.05) is 26.0 Å². The first kappa shape index (κ1) is 12.1. The van der Waals surface area contributed by atoms with Gasteiger partial charge in [-0.15, -0.1) is 0 Å². The van der Waals surface area contributed by atoms with Gasteiger partial charge in [0.05, 0.1) is 0 Å². The molecule has 0 aliphatic heterocycles. The minimum Gasteiger partial charge on any atom is -0.508 e. The summed E-state index contributed by atoms with van der Waals surface area (Å²) in [6.07, 6.45) is 2.13. The van der Waals surface area contributed by atoms with E-state index in [1.54, 1.807) is 6.07 Å². The summed E-state index contributed by atoms with van der Waals surface area (Å²) >= 11 is 0. The fourth-order valence-corrected chi connectivity index (χ4v) is 3.13. The molecule has 3 rings (SSSR count). The molecule has 0 fully saturated rings. The van der Waals surface area contributed by atoms with E-state index in [0.717, 1.165) is 24.0 Å². The van der Waals surface area contributed by atoms with Crippen LogP contribution in [0.1, 0.15) is 40.2 Å². The van der Waals surface area contributed by atoms with Gasteiger partial charge in [-0.05, 0) is 66.6 Å². The number of aryl methyl sites for hydroxylation is 3. The molecule has 1 atom stereocenters. The van der Waals surface area contributed by atoms with Gasteiger partial charge in [-0.3, -0.25) is 0 Å². The fraction of sp³-hybridized carbons (Fsp3) is 0.294.